The third kappa shape index (κ3) is 4.07. The maximum Gasteiger partial charge on any atom is 0.325 e. The normalized spacial score (nSPS) is 27.7. The summed E-state index contributed by atoms with van der Waals surface area (Å²) in [5.74, 6) is 0.0333. The van der Waals surface area contributed by atoms with E-state index in [0.29, 0.717) is 43.7 Å². The number of hydrogen-bond acceptors (Lipinski definition) is 4. The molecule has 34 heavy (non-hydrogen) atoms. The maximum absolute atomic E-state index is 13.4. The quantitative estimate of drug-likeness (QED) is 0.498. The molecule has 2 saturated carbocycles. The first-order valence-corrected chi connectivity index (χ1v) is 12.8. The Bertz CT molecular complexity index is 959. The number of carbonyl (C=O) groups excluding carboxylic acids is 4. The average molecular weight is 467 g/mol. The summed E-state index contributed by atoms with van der Waals surface area (Å²) in [5.41, 5.74) is -0.0791. The van der Waals surface area contributed by atoms with Crippen LogP contribution in [0.25, 0.3) is 0 Å². The standard InChI is InChI=1S/C26H34N4O4/c31-22(27-15-8-16-29-24(33)26(28-25(29)34)13-6-7-14-26)21-17-19-11-4-5-12-20(19)30(21)23(32)18-9-2-1-3-10-18/h1-3,9-10,19-21H,4-8,11-17H2,(H,27,31)(H,28,34). The molecule has 0 radical (unpaired) electrons. The SMILES string of the molecule is O=C(NCCCN1C(=O)NC2(CCCC2)C1=O)C1CC2CCCCC2N1C(=O)c1ccccc1. The van der Waals surface area contributed by atoms with E-state index in [2.05, 4.69) is 10.6 Å². The zero-order valence-corrected chi connectivity index (χ0v) is 19.6. The molecule has 2 heterocycles. The summed E-state index contributed by atoms with van der Waals surface area (Å²) in [7, 11) is 0. The average Bonchev–Trinajstić information content (AvgIpc) is 3.54. The number of nitrogens with zero attached hydrogens (tertiary/aromatic N) is 2. The summed E-state index contributed by atoms with van der Waals surface area (Å²) in [4.78, 5) is 54.8. The Morgan fingerprint density at radius 3 is 2.53 bits per heavy atom. The maximum atomic E-state index is 13.4. The number of fused-ring (bicyclic) bond motifs is 1. The number of imide groups is 1. The minimum Gasteiger partial charge on any atom is -0.354 e. The van der Waals surface area contributed by atoms with Gasteiger partial charge in [0.1, 0.15) is 11.6 Å². The second-order valence-corrected chi connectivity index (χ2v) is 10.3. The van der Waals surface area contributed by atoms with Gasteiger partial charge in [0, 0.05) is 24.7 Å². The molecule has 1 aromatic carbocycles. The van der Waals surface area contributed by atoms with Gasteiger partial charge in [-0.05, 0) is 56.6 Å². The van der Waals surface area contributed by atoms with E-state index in [1.807, 2.05) is 35.2 Å². The molecule has 2 aliphatic heterocycles. The Balaban J connectivity index is 1.19. The molecule has 3 unspecified atom stereocenters. The third-order valence-corrected chi connectivity index (χ3v) is 8.21. The number of nitrogens with one attached hydrogen (secondary N) is 2. The number of amides is 5. The van der Waals surface area contributed by atoms with E-state index >= 15 is 0 Å². The molecule has 2 saturated heterocycles. The smallest absolute Gasteiger partial charge is 0.325 e. The lowest BCUT2D eigenvalue weighted by Crippen LogP contribution is -2.50. The Labute approximate surface area is 200 Å². The van der Waals surface area contributed by atoms with Crippen molar-refractivity contribution in [2.75, 3.05) is 13.1 Å². The van der Waals surface area contributed by atoms with Crippen molar-refractivity contribution in [1.29, 1.82) is 0 Å². The van der Waals surface area contributed by atoms with Crippen LogP contribution in [0.5, 0.6) is 0 Å². The largest absolute Gasteiger partial charge is 0.354 e. The number of rotatable bonds is 6. The van der Waals surface area contributed by atoms with Crippen LogP contribution in [0.3, 0.4) is 0 Å². The minimum absolute atomic E-state index is 0.0728. The predicted molar refractivity (Wildman–Crippen MR) is 126 cm³/mol. The van der Waals surface area contributed by atoms with Gasteiger partial charge in [-0.25, -0.2) is 4.79 Å². The van der Waals surface area contributed by atoms with Gasteiger partial charge in [0.2, 0.25) is 5.91 Å². The van der Waals surface area contributed by atoms with Gasteiger partial charge < -0.3 is 15.5 Å². The lowest BCUT2D eigenvalue weighted by molar-refractivity contribution is -0.131. The Kier molecular flexibility index (Phi) is 6.32. The van der Waals surface area contributed by atoms with Gasteiger partial charge in [0.05, 0.1) is 0 Å². The summed E-state index contributed by atoms with van der Waals surface area (Å²) >= 11 is 0. The lowest BCUT2D eigenvalue weighted by atomic mass is 9.84. The fourth-order valence-corrected chi connectivity index (χ4v) is 6.48. The molecule has 4 aliphatic rings. The van der Waals surface area contributed by atoms with Crippen molar-refractivity contribution >= 4 is 23.8 Å². The molecule has 8 nitrogen and oxygen atoms in total. The molecule has 5 amide bonds. The van der Waals surface area contributed by atoms with E-state index in [-0.39, 0.29) is 36.3 Å². The first-order chi connectivity index (χ1) is 16.5. The molecule has 8 heteroatoms. The number of hydrogen-bond donors (Lipinski definition) is 2. The van der Waals surface area contributed by atoms with E-state index in [4.69, 9.17) is 0 Å². The monoisotopic (exact) mass is 466 g/mol. The molecule has 3 atom stereocenters. The van der Waals surface area contributed by atoms with E-state index in [1.165, 1.54) is 4.90 Å². The zero-order chi connectivity index (χ0) is 23.7. The summed E-state index contributed by atoms with van der Waals surface area (Å²) in [6.45, 7) is 0.650. The van der Waals surface area contributed by atoms with Crippen LogP contribution in [0.1, 0.15) is 74.6 Å². The summed E-state index contributed by atoms with van der Waals surface area (Å²) in [5, 5.41) is 5.87. The van der Waals surface area contributed by atoms with E-state index < -0.39 is 11.6 Å². The van der Waals surface area contributed by atoms with Crippen LogP contribution in [-0.4, -0.2) is 64.3 Å². The van der Waals surface area contributed by atoms with Crippen molar-refractivity contribution in [3.05, 3.63) is 35.9 Å². The van der Waals surface area contributed by atoms with Gasteiger partial charge in [0.15, 0.2) is 0 Å². The van der Waals surface area contributed by atoms with Crippen LogP contribution in [0.15, 0.2) is 30.3 Å². The molecular weight excluding hydrogens is 432 g/mol. The molecule has 0 bridgehead atoms. The number of benzene rings is 1. The fraction of sp³-hybridized carbons (Fsp3) is 0.615. The topological polar surface area (TPSA) is 98.8 Å². The Morgan fingerprint density at radius 2 is 1.76 bits per heavy atom. The molecule has 1 spiro atoms. The molecule has 5 rings (SSSR count). The second kappa shape index (κ2) is 9.39. The molecule has 2 aliphatic carbocycles. The van der Waals surface area contributed by atoms with Crippen molar-refractivity contribution < 1.29 is 19.2 Å². The van der Waals surface area contributed by atoms with E-state index in [9.17, 15) is 19.2 Å². The summed E-state index contributed by atoms with van der Waals surface area (Å²) in [6, 6.07) is 8.52. The zero-order valence-electron chi connectivity index (χ0n) is 19.6. The fourth-order valence-electron chi connectivity index (χ4n) is 6.48. The van der Waals surface area contributed by atoms with Crippen LogP contribution >= 0.6 is 0 Å². The van der Waals surface area contributed by atoms with Gasteiger partial charge >= 0.3 is 6.03 Å². The van der Waals surface area contributed by atoms with Gasteiger partial charge in [0.25, 0.3) is 11.8 Å². The first kappa shape index (κ1) is 22.9. The van der Waals surface area contributed by atoms with Crippen molar-refractivity contribution in [2.45, 2.75) is 81.8 Å². The highest BCUT2D eigenvalue weighted by Gasteiger charge is 2.52. The van der Waals surface area contributed by atoms with Crippen LogP contribution in [-0.2, 0) is 9.59 Å². The number of likely N-dealkylation sites (tertiary alicyclic amines) is 1. The Morgan fingerprint density at radius 1 is 1.03 bits per heavy atom. The lowest BCUT2D eigenvalue weighted by Gasteiger charge is -2.33. The molecule has 1 aromatic rings. The van der Waals surface area contributed by atoms with Crippen molar-refractivity contribution in [3.63, 3.8) is 0 Å². The highest BCUT2D eigenvalue weighted by molar-refractivity contribution is 6.07. The van der Waals surface area contributed by atoms with E-state index in [1.54, 1.807) is 0 Å². The third-order valence-electron chi connectivity index (χ3n) is 8.21. The van der Waals surface area contributed by atoms with Gasteiger partial charge in [-0.1, -0.05) is 43.9 Å². The predicted octanol–water partition coefficient (Wildman–Crippen LogP) is 2.83. The molecule has 4 fully saturated rings. The van der Waals surface area contributed by atoms with Crippen molar-refractivity contribution in [3.8, 4) is 0 Å². The van der Waals surface area contributed by atoms with Gasteiger partial charge in [-0.15, -0.1) is 0 Å². The van der Waals surface area contributed by atoms with Crippen LogP contribution in [0.2, 0.25) is 0 Å². The highest BCUT2D eigenvalue weighted by Crippen LogP contribution is 2.40. The first-order valence-electron chi connectivity index (χ1n) is 12.8. The molecule has 182 valence electrons. The molecule has 0 aromatic heterocycles. The number of carbonyl (C=O) groups is 4. The van der Waals surface area contributed by atoms with Gasteiger partial charge in [-0.3, -0.25) is 19.3 Å². The van der Waals surface area contributed by atoms with Crippen molar-refractivity contribution in [2.24, 2.45) is 5.92 Å². The van der Waals surface area contributed by atoms with Gasteiger partial charge in [-0.2, -0.15) is 0 Å². The summed E-state index contributed by atoms with van der Waals surface area (Å²) < 4.78 is 0. The molecule has 2 N–H and O–H groups in total. The van der Waals surface area contributed by atoms with Crippen LogP contribution < -0.4 is 10.6 Å². The van der Waals surface area contributed by atoms with Crippen molar-refractivity contribution in [1.82, 2.24) is 20.4 Å². The van der Waals surface area contributed by atoms with Crippen LogP contribution in [0, 0.1) is 5.92 Å². The molecular formula is C26H34N4O4. The Hall–Kier alpha value is -2.90. The minimum atomic E-state index is -0.696. The number of urea groups is 1. The second-order valence-electron chi connectivity index (χ2n) is 10.3. The van der Waals surface area contributed by atoms with Crippen LogP contribution in [0.4, 0.5) is 4.79 Å². The van der Waals surface area contributed by atoms with E-state index in [0.717, 1.165) is 38.5 Å². The summed E-state index contributed by atoms with van der Waals surface area (Å²) in [6.07, 6.45) is 8.76. The highest BCUT2D eigenvalue weighted by atomic mass is 16.2.